The first-order valence-electron chi connectivity index (χ1n) is 10.6. The average molecular weight is 383 g/mol. The van der Waals surface area contributed by atoms with Crippen molar-refractivity contribution in [2.24, 2.45) is 4.99 Å². The largest absolute Gasteiger partial charge is 0.466 e. The maximum atomic E-state index is 11.8. The number of rotatable bonds is 12. The van der Waals surface area contributed by atoms with Gasteiger partial charge in [0.05, 0.1) is 6.61 Å². The molecule has 0 spiro atoms. The van der Waals surface area contributed by atoms with Crippen molar-refractivity contribution in [1.29, 1.82) is 0 Å². The molecule has 0 radical (unpaired) electrons. The zero-order valence-electron chi connectivity index (χ0n) is 17.4. The number of hydrogen-bond donors (Lipinski definition) is 2. The van der Waals surface area contributed by atoms with E-state index in [0.29, 0.717) is 19.4 Å². The van der Waals surface area contributed by atoms with Gasteiger partial charge >= 0.3 is 5.97 Å². The lowest BCUT2D eigenvalue weighted by molar-refractivity contribution is -0.143. The van der Waals surface area contributed by atoms with Crippen LogP contribution in [0.3, 0.4) is 0 Å². The SMILES string of the molecule is CCNC(=NCCCCCCCC(=O)OCC)NC1CCN(C(=O)CC)C1. The van der Waals surface area contributed by atoms with Crippen LogP contribution in [0.15, 0.2) is 4.99 Å². The molecule has 0 bridgehead atoms. The number of ether oxygens (including phenoxy) is 1. The Bertz CT molecular complexity index is 468. The van der Waals surface area contributed by atoms with Gasteiger partial charge in [0.15, 0.2) is 5.96 Å². The third-order valence-corrected chi connectivity index (χ3v) is 4.64. The highest BCUT2D eigenvalue weighted by Crippen LogP contribution is 2.10. The molecular formula is C20H38N4O3. The molecule has 0 aliphatic carbocycles. The van der Waals surface area contributed by atoms with Gasteiger partial charge in [-0.05, 0) is 33.1 Å². The van der Waals surface area contributed by atoms with Crippen molar-refractivity contribution >= 4 is 17.8 Å². The van der Waals surface area contributed by atoms with Gasteiger partial charge < -0.3 is 20.3 Å². The minimum atomic E-state index is -0.0884. The number of esters is 1. The molecule has 1 atom stereocenters. The summed E-state index contributed by atoms with van der Waals surface area (Å²) in [6, 6.07) is 0.279. The van der Waals surface area contributed by atoms with E-state index in [4.69, 9.17) is 4.74 Å². The maximum absolute atomic E-state index is 11.8. The molecule has 1 heterocycles. The van der Waals surface area contributed by atoms with Crippen LogP contribution in [0.1, 0.15) is 72.1 Å². The Morgan fingerprint density at radius 3 is 2.56 bits per heavy atom. The van der Waals surface area contributed by atoms with Gasteiger partial charge in [0, 0.05) is 45.1 Å². The lowest BCUT2D eigenvalue weighted by atomic mass is 10.1. The zero-order valence-corrected chi connectivity index (χ0v) is 17.4. The molecule has 7 heteroatoms. The molecule has 0 aromatic heterocycles. The highest BCUT2D eigenvalue weighted by molar-refractivity contribution is 5.80. The number of unbranched alkanes of at least 4 members (excludes halogenated alkanes) is 4. The van der Waals surface area contributed by atoms with Gasteiger partial charge in [-0.2, -0.15) is 0 Å². The molecule has 1 amide bonds. The van der Waals surface area contributed by atoms with E-state index < -0.39 is 0 Å². The topological polar surface area (TPSA) is 83.0 Å². The van der Waals surface area contributed by atoms with E-state index in [-0.39, 0.29) is 17.9 Å². The minimum Gasteiger partial charge on any atom is -0.466 e. The van der Waals surface area contributed by atoms with Gasteiger partial charge in [-0.1, -0.05) is 26.2 Å². The molecule has 27 heavy (non-hydrogen) atoms. The molecule has 1 saturated heterocycles. The first-order valence-corrected chi connectivity index (χ1v) is 10.6. The second-order valence-corrected chi connectivity index (χ2v) is 6.91. The number of guanidine groups is 1. The number of carbonyl (C=O) groups excluding carboxylic acids is 2. The van der Waals surface area contributed by atoms with Crippen molar-refractivity contribution in [3.05, 3.63) is 0 Å². The van der Waals surface area contributed by atoms with Gasteiger partial charge in [-0.15, -0.1) is 0 Å². The Balaban J connectivity index is 2.18. The minimum absolute atomic E-state index is 0.0884. The fourth-order valence-corrected chi connectivity index (χ4v) is 3.18. The van der Waals surface area contributed by atoms with Crippen LogP contribution in [0.2, 0.25) is 0 Å². The van der Waals surface area contributed by atoms with Gasteiger partial charge in [-0.25, -0.2) is 0 Å². The number of amides is 1. The number of nitrogens with zero attached hydrogens (tertiary/aromatic N) is 2. The Hall–Kier alpha value is -1.79. The average Bonchev–Trinajstić information content (AvgIpc) is 3.12. The maximum Gasteiger partial charge on any atom is 0.305 e. The summed E-state index contributed by atoms with van der Waals surface area (Å²) in [4.78, 5) is 29.6. The molecule has 0 saturated carbocycles. The number of carbonyl (C=O) groups is 2. The predicted molar refractivity (Wildman–Crippen MR) is 109 cm³/mol. The summed E-state index contributed by atoms with van der Waals surface area (Å²) in [5.41, 5.74) is 0. The zero-order chi connectivity index (χ0) is 19.9. The number of nitrogens with one attached hydrogen (secondary N) is 2. The van der Waals surface area contributed by atoms with Gasteiger partial charge in [-0.3, -0.25) is 14.6 Å². The van der Waals surface area contributed by atoms with Crippen molar-refractivity contribution in [3.63, 3.8) is 0 Å². The normalized spacial score (nSPS) is 17.1. The first kappa shape index (κ1) is 23.2. The Morgan fingerprint density at radius 1 is 1.11 bits per heavy atom. The lowest BCUT2D eigenvalue weighted by Crippen LogP contribution is -2.45. The molecule has 2 N–H and O–H groups in total. The summed E-state index contributed by atoms with van der Waals surface area (Å²) in [6.45, 7) is 9.47. The Morgan fingerprint density at radius 2 is 1.85 bits per heavy atom. The van der Waals surface area contributed by atoms with Crippen LogP contribution >= 0.6 is 0 Å². The van der Waals surface area contributed by atoms with Crippen molar-refractivity contribution < 1.29 is 14.3 Å². The smallest absolute Gasteiger partial charge is 0.305 e. The standard InChI is InChI=1S/C20H38N4O3/c1-4-18(25)24-15-13-17(16-24)23-20(21-5-2)22-14-11-9-7-8-10-12-19(26)27-6-3/h17H,4-16H2,1-3H3,(H2,21,22,23). The van der Waals surface area contributed by atoms with E-state index in [1.807, 2.05) is 18.7 Å². The summed E-state index contributed by atoms with van der Waals surface area (Å²) < 4.78 is 4.92. The summed E-state index contributed by atoms with van der Waals surface area (Å²) in [7, 11) is 0. The molecule has 0 aromatic rings. The van der Waals surface area contributed by atoms with E-state index in [2.05, 4.69) is 22.5 Å². The van der Waals surface area contributed by atoms with Crippen molar-refractivity contribution in [1.82, 2.24) is 15.5 Å². The van der Waals surface area contributed by atoms with E-state index in [0.717, 1.165) is 70.7 Å². The number of likely N-dealkylation sites (tertiary alicyclic amines) is 1. The van der Waals surface area contributed by atoms with Crippen molar-refractivity contribution in [2.75, 3.05) is 32.8 Å². The molecule has 1 unspecified atom stereocenters. The monoisotopic (exact) mass is 382 g/mol. The molecule has 1 rings (SSSR count). The fourth-order valence-electron chi connectivity index (χ4n) is 3.18. The molecule has 1 aliphatic heterocycles. The van der Waals surface area contributed by atoms with E-state index in [9.17, 15) is 9.59 Å². The van der Waals surface area contributed by atoms with Crippen LogP contribution in [0.5, 0.6) is 0 Å². The molecule has 1 fully saturated rings. The van der Waals surface area contributed by atoms with Crippen molar-refractivity contribution in [3.8, 4) is 0 Å². The highest BCUT2D eigenvalue weighted by Gasteiger charge is 2.25. The third-order valence-electron chi connectivity index (χ3n) is 4.64. The summed E-state index contributed by atoms with van der Waals surface area (Å²) >= 11 is 0. The lowest BCUT2D eigenvalue weighted by Gasteiger charge is -2.18. The second kappa shape index (κ2) is 14.3. The van der Waals surface area contributed by atoms with Crippen LogP contribution in [0, 0.1) is 0 Å². The van der Waals surface area contributed by atoms with Crippen LogP contribution in [-0.4, -0.2) is 61.6 Å². The van der Waals surface area contributed by atoms with Crippen LogP contribution < -0.4 is 10.6 Å². The molecule has 1 aliphatic rings. The van der Waals surface area contributed by atoms with E-state index in [1.54, 1.807) is 0 Å². The third kappa shape index (κ3) is 10.2. The van der Waals surface area contributed by atoms with Gasteiger partial charge in [0.25, 0.3) is 0 Å². The van der Waals surface area contributed by atoms with E-state index in [1.165, 1.54) is 0 Å². The second-order valence-electron chi connectivity index (χ2n) is 6.91. The number of hydrogen-bond acceptors (Lipinski definition) is 4. The quantitative estimate of drug-likeness (QED) is 0.234. The molecule has 7 nitrogen and oxygen atoms in total. The summed E-state index contributed by atoms with van der Waals surface area (Å²) in [5, 5.41) is 6.74. The van der Waals surface area contributed by atoms with Crippen LogP contribution in [0.25, 0.3) is 0 Å². The molecule has 156 valence electrons. The van der Waals surface area contributed by atoms with Gasteiger partial charge in [0.1, 0.15) is 0 Å². The summed E-state index contributed by atoms with van der Waals surface area (Å²) in [6.07, 6.45) is 7.31. The Kier molecular flexibility index (Phi) is 12.3. The predicted octanol–water partition coefficient (Wildman–Crippen LogP) is 2.46. The molecule has 0 aromatic carbocycles. The fraction of sp³-hybridized carbons (Fsp3) is 0.850. The molecular weight excluding hydrogens is 344 g/mol. The highest BCUT2D eigenvalue weighted by atomic mass is 16.5. The summed E-state index contributed by atoms with van der Waals surface area (Å²) in [5.74, 6) is 0.981. The first-order chi connectivity index (χ1) is 13.1. The number of aliphatic imine (C=N–C) groups is 1. The van der Waals surface area contributed by atoms with Gasteiger partial charge in [0.2, 0.25) is 5.91 Å². The van der Waals surface area contributed by atoms with Crippen LogP contribution in [-0.2, 0) is 14.3 Å². The van der Waals surface area contributed by atoms with E-state index >= 15 is 0 Å². The Labute approximate surface area is 164 Å². The van der Waals surface area contributed by atoms with Crippen molar-refractivity contribution in [2.45, 2.75) is 78.2 Å². The van der Waals surface area contributed by atoms with Crippen LogP contribution in [0.4, 0.5) is 0 Å².